The molecule has 7 heteroatoms. The highest BCUT2D eigenvalue weighted by atomic mass is 16.6. The number of piperidine rings is 1. The first-order valence-electron chi connectivity index (χ1n) is 8.68. The van der Waals surface area contributed by atoms with E-state index in [1.807, 2.05) is 24.3 Å². The fraction of sp³-hybridized carbons (Fsp3) is 0.500. The van der Waals surface area contributed by atoms with E-state index in [-0.39, 0.29) is 23.8 Å². The van der Waals surface area contributed by atoms with Gasteiger partial charge >= 0.3 is 6.09 Å². The molecule has 2 N–H and O–H groups in total. The SMILES string of the molecule is CCC(=O)NCC1CN(c2ccc(C3CCNC(=O)C3)cc2)C(=O)O1. The molecule has 3 rings (SSSR count). The van der Waals surface area contributed by atoms with E-state index in [2.05, 4.69) is 10.6 Å². The van der Waals surface area contributed by atoms with Crippen LogP contribution in [0.2, 0.25) is 0 Å². The van der Waals surface area contributed by atoms with E-state index in [1.165, 1.54) is 0 Å². The maximum Gasteiger partial charge on any atom is 0.414 e. The highest BCUT2D eigenvalue weighted by Crippen LogP contribution is 2.28. The third kappa shape index (κ3) is 4.10. The second-order valence-electron chi connectivity index (χ2n) is 6.41. The van der Waals surface area contributed by atoms with Gasteiger partial charge < -0.3 is 15.4 Å². The number of ether oxygens (including phenoxy) is 1. The third-order valence-electron chi connectivity index (χ3n) is 4.65. The average Bonchev–Trinajstić information content (AvgIpc) is 3.00. The number of benzene rings is 1. The highest BCUT2D eigenvalue weighted by molar-refractivity contribution is 5.89. The van der Waals surface area contributed by atoms with Gasteiger partial charge in [-0.1, -0.05) is 19.1 Å². The molecule has 2 heterocycles. The van der Waals surface area contributed by atoms with Gasteiger partial charge in [-0.05, 0) is 30.0 Å². The molecule has 2 fully saturated rings. The Morgan fingerprint density at radius 1 is 1.32 bits per heavy atom. The Bertz CT molecular complexity index is 659. The zero-order valence-electron chi connectivity index (χ0n) is 14.3. The number of nitrogens with zero attached hydrogens (tertiary/aromatic N) is 1. The fourth-order valence-corrected chi connectivity index (χ4v) is 3.19. The third-order valence-corrected chi connectivity index (χ3v) is 4.65. The molecule has 1 aromatic rings. The van der Waals surface area contributed by atoms with Crippen LogP contribution >= 0.6 is 0 Å². The lowest BCUT2D eigenvalue weighted by molar-refractivity contribution is -0.123. The molecule has 0 spiro atoms. The molecule has 2 saturated heterocycles. The van der Waals surface area contributed by atoms with Gasteiger partial charge in [0.1, 0.15) is 6.10 Å². The number of hydrogen-bond donors (Lipinski definition) is 2. The Hall–Kier alpha value is -2.57. The number of carbonyl (C=O) groups is 3. The molecule has 0 aromatic heterocycles. The number of nitrogens with one attached hydrogen (secondary N) is 2. The Kier molecular flexibility index (Phi) is 5.21. The minimum Gasteiger partial charge on any atom is -0.442 e. The first-order chi connectivity index (χ1) is 12.1. The molecule has 2 atom stereocenters. The molecule has 134 valence electrons. The summed E-state index contributed by atoms with van der Waals surface area (Å²) in [6, 6.07) is 7.71. The van der Waals surface area contributed by atoms with Crippen LogP contribution in [0.3, 0.4) is 0 Å². The van der Waals surface area contributed by atoms with Crippen LogP contribution in [-0.4, -0.2) is 43.6 Å². The molecule has 2 unspecified atom stereocenters. The van der Waals surface area contributed by atoms with E-state index in [4.69, 9.17) is 4.74 Å². The number of cyclic esters (lactones) is 1. The van der Waals surface area contributed by atoms with Crippen molar-refractivity contribution in [1.29, 1.82) is 0 Å². The number of amides is 3. The second-order valence-corrected chi connectivity index (χ2v) is 6.41. The van der Waals surface area contributed by atoms with Crippen LogP contribution in [-0.2, 0) is 14.3 Å². The zero-order chi connectivity index (χ0) is 17.8. The maximum absolute atomic E-state index is 12.1. The first kappa shape index (κ1) is 17.3. The number of rotatable bonds is 5. The Labute approximate surface area is 146 Å². The summed E-state index contributed by atoms with van der Waals surface area (Å²) in [4.78, 5) is 36.5. The minimum absolute atomic E-state index is 0.0598. The lowest BCUT2D eigenvalue weighted by atomic mass is 9.90. The molecule has 2 aliphatic rings. The zero-order valence-corrected chi connectivity index (χ0v) is 14.3. The smallest absolute Gasteiger partial charge is 0.414 e. The summed E-state index contributed by atoms with van der Waals surface area (Å²) in [5.74, 6) is 0.251. The Morgan fingerprint density at radius 3 is 2.76 bits per heavy atom. The largest absolute Gasteiger partial charge is 0.442 e. The van der Waals surface area contributed by atoms with Gasteiger partial charge in [0.05, 0.1) is 13.1 Å². The van der Waals surface area contributed by atoms with Crippen LogP contribution in [0.5, 0.6) is 0 Å². The van der Waals surface area contributed by atoms with Gasteiger partial charge in [-0.2, -0.15) is 0 Å². The van der Waals surface area contributed by atoms with Crippen molar-refractivity contribution in [2.24, 2.45) is 0 Å². The van der Waals surface area contributed by atoms with Crippen molar-refractivity contribution >= 4 is 23.6 Å². The van der Waals surface area contributed by atoms with Crippen molar-refractivity contribution in [3.8, 4) is 0 Å². The van der Waals surface area contributed by atoms with E-state index in [0.29, 0.717) is 32.5 Å². The van der Waals surface area contributed by atoms with Gasteiger partial charge in [-0.3, -0.25) is 14.5 Å². The van der Waals surface area contributed by atoms with Gasteiger partial charge in [0.2, 0.25) is 11.8 Å². The Morgan fingerprint density at radius 2 is 2.08 bits per heavy atom. The molecule has 25 heavy (non-hydrogen) atoms. The van der Waals surface area contributed by atoms with E-state index in [0.717, 1.165) is 17.7 Å². The second kappa shape index (κ2) is 7.55. The summed E-state index contributed by atoms with van der Waals surface area (Å²) in [6.07, 6.45) is 1.09. The van der Waals surface area contributed by atoms with Crippen molar-refractivity contribution in [3.63, 3.8) is 0 Å². The van der Waals surface area contributed by atoms with Crippen LogP contribution in [0.4, 0.5) is 10.5 Å². The van der Waals surface area contributed by atoms with Crippen LogP contribution in [0.1, 0.15) is 37.7 Å². The van der Waals surface area contributed by atoms with Crippen molar-refractivity contribution in [3.05, 3.63) is 29.8 Å². The van der Waals surface area contributed by atoms with Crippen LogP contribution in [0.15, 0.2) is 24.3 Å². The highest BCUT2D eigenvalue weighted by Gasteiger charge is 2.32. The van der Waals surface area contributed by atoms with E-state index in [1.54, 1.807) is 11.8 Å². The van der Waals surface area contributed by atoms with E-state index >= 15 is 0 Å². The molecule has 0 aliphatic carbocycles. The molecule has 7 nitrogen and oxygen atoms in total. The average molecular weight is 345 g/mol. The van der Waals surface area contributed by atoms with E-state index in [9.17, 15) is 14.4 Å². The van der Waals surface area contributed by atoms with Crippen LogP contribution in [0, 0.1) is 0 Å². The molecule has 0 saturated carbocycles. The van der Waals surface area contributed by atoms with Gasteiger partial charge in [0.25, 0.3) is 0 Å². The summed E-state index contributed by atoms with van der Waals surface area (Å²) in [6.45, 7) is 3.22. The van der Waals surface area contributed by atoms with Gasteiger partial charge in [0, 0.05) is 25.1 Å². The molecular weight excluding hydrogens is 322 g/mol. The normalized spacial score (nSPS) is 23.2. The fourth-order valence-electron chi connectivity index (χ4n) is 3.19. The maximum atomic E-state index is 12.1. The molecule has 2 aliphatic heterocycles. The number of anilines is 1. The summed E-state index contributed by atoms with van der Waals surface area (Å²) < 4.78 is 5.30. The van der Waals surface area contributed by atoms with E-state index < -0.39 is 6.09 Å². The summed E-state index contributed by atoms with van der Waals surface area (Å²) in [5, 5.41) is 5.58. The molecular formula is C18H23N3O4. The van der Waals surface area contributed by atoms with Crippen molar-refractivity contribution in [2.75, 3.05) is 24.5 Å². The monoisotopic (exact) mass is 345 g/mol. The van der Waals surface area contributed by atoms with Gasteiger partial charge in [0.15, 0.2) is 0 Å². The molecule has 1 aromatic carbocycles. The summed E-state index contributed by atoms with van der Waals surface area (Å²) in [7, 11) is 0. The van der Waals surface area contributed by atoms with Gasteiger partial charge in [-0.15, -0.1) is 0 Å². The van der Waals surface area contributed by atoms with Crippen LogP contribution < -0.4 is 15.5 Å². The summed E-state index contributed by atoms with van der Waals surface area (Å²) >= 11 is 0. The Balaban J connectivity index is 1.61. The predicted molar refractivity (Wildman–Crippen MR) is 92.3 cm³/mol. The standard InChI is InChI=1S/C18H23N3O4/c1-2-16(22)20-10-15-11-21(18(24)25-15)14-5-3-12(4-6-14)13-7-8-19-17(23)9-13/h3-6,13,15H,2,7-11H2,1H3,(H,19,23)(H,20,22). The lowest BCUT2D eigenvalue weighted by Gasteiger charge is -2.23. The first-order valence-corrected chi connectivity index (χ1v) is 8.68. The van der Waals surface area contributed by atoms with Crippen molar-refractivity contribution < 1.29 is 19.1 Å². The molecule has 3 amide bonds. The van der Waals surface area contributed by atoms with Gasteiger partial charge in [-0.25, -0.2) is 4.79 Å². The minimum atomic E-state index is -0.402. The topological polar surface area (TPSA) is 87.7 Å². The molecule has 0 radical (unpaired) electrons. The lowest BCUT2D eigenvalue weighted by Crippen LogP contribution is -2.34. The quantitative estimate of drug-likeness (QED) is 0.847. The number of carbonyl (C=O) groups excluding carboxylic acids is 3. The summed E-state index contributed by atoms with van der Waals surface area (Å²) in [5.41, 5.74) is 1.87. The number of hydrogen-bond acceptors (Lipinski definition) is 4. The van der Waals surface area contributed by atoms with Crippen LogP contribution in [0.25, 0.3) is 0 Å². The van der Waals surface area contributed by atoms with Crippen molar-refractivity contribution in [2.45, 2.75) is 38.2 Å². The van der Waals surface area contributed by atoms with Crippen molar-refractivity contribution in [1.82, 2.24) is 10.6 Å². The molecule has 0 bridgehead atoms. The predicted octanol–water partition coefficient (Wildman–Crippen LogP) is 1.53.